The average Bonchev–Trinajstić information content (AvgIpc) is 2.76. The number of piperidine rings is 1. The van der Waals surface area contributed by atoms with Gasteiger partial charge in [0.25, 0.3) is 0 Å². The molecule has 1 saturated heterocycles. The average molecular weight is 418 g/mol. The molecular formula is C21H21F3N4O2. The van der Waals surface area contributed by atoms with Crippen LogP contribution >= 0.6 is 0 Å². The van der Waals surface area contributed by atoms with Crippen molar-refractivity contribution in [2.45, 2.75) is 32.0 Å². The third-order valence-corrected chi connectivity index (χ3v) is 5.38. The number of rotatable bonds is 4. The molecule has 6 nitrogen and oxygen atoms in total. The Hall–Kier alpha value is -2.86. The second kappa shape index (κ2) is 8.48. The van der Waals surface area contributed by atoms with Crippen molar-refractivity contribution in [1.82, 2.24) is 9.97 Å². The Kier molecular flexibility index (Phi) is 5.77. The molecule has 4 heterocycles. The number of halogens is 3. The fourth-order valence-corrected chi connectivity index (χ4v) is 3.91. The first kappa shape index (κ1) is 20.4. The van der Waals surface area contributed by atoms with Gasteiger partial charge in [0.2, 0.25) is 5.88 Å². The van der Waals surface area contributed by atoms with Crippen molar-refractivity contribution in [2.75, 3.05) is 31.2 Å². The van der Waals surface area contributed by atoms with Gasteiger partial charge in [0, 0.05) is 37.2 Å². The number of nitriles is 1. The van der Waals surface area contributed by atoms with Gasteiger partial charge in [-0.25, -0.2) is 9.97 Å². The Morgan fingerprint density at radius 3 is 3.03 bits per heavy atom. The lowest BCUT2D eigenvalue weighted by Crippen LogP contribution is -2.39. The first-order valence-electron chi connectivity index (χ1n) is 9.86. The lowest BCUT2D eigenvalue weighted by molar-refractivity contribution is -0.139. The van der Waals surface area contributed by atoms with Crippen molar-refractivity contribution in [1.29, 1.82) is 5.26 Å². The molecule has 0 amide bonds. The Morgan fingerprint density at radius 1 is 1.37 bits per heavy atom. The van der Waals surface area contributed by atoms with E-state index in [2.05, 4.69) is 11.1 Å². The van der Waals surface area contributed by atoms with Gasteiger partial charge in [-0.15, -0.1) is 0 Å². The van der Waals surface area contributed by atoms with E-state index >= 15 is 0 Å². The van der Waals surface area contributed by atoms with Gasteiger partial charge in [-0.3, -0.25) is 0 Å². The van der Waals surface area contributed by atoms with E-state index in [1.165, 1.54) is 12.3 Å². The molecule has 0 aliphatic carbocycles. The standard InChI is InChI=1S/C21H21F3N4O2/c22-21(23,24)17-4-1-6-26-20(17)30-12-14-3-2-7-28(11-14)19-15(10-25)9-16-13-29-8-5-18(16)27-19/h1,4,6,9,14H,2-3,5,7-8,11-13H2. The smallest absolute Gasteiger partial charge is 0.421 e. The lowest BCUT2D eigenvalue weighted by atomic mass is 9.98. The second-order valence-corrected chi connectivity index (χ2v) is 7.50. The van der Waals surface area contributed by atoms with Crippen LogP contribution in [-0.4, -0.2) is 36.3 Å². The summed E-state index contributed by atoms with van der Waals surface area (Å²) in [6, 6.07) is 6.26. The van der Waals surface area contributed by atoms with Crippen LogP contribution in [0.2, 0.25) is 0 Å². The third-order valence-electron chi connectivity index (χ3n) is 5.38. The van der Waals surface area contributed by atoms with Crippen LogP contribution in [0, 0.1) is 17.2 Å². The number of hydrogen-bond donors (Lipinski definition) is 0. The van der Waals surface area contributed by atoms with E-state index in [9.17, 15) is 18.4 Å². The summed E-state index contributed by atoms with van der Waals surface area (Å²) in [4.78, 5) is 10.5. The first-order valence-corrected chi connectivity index (χ1v) is 9.86. The van der Waals surface area contributed by atoms with Crippen LogP contribution in [0.4, 0.5) is 19.0 Å². The van der Waals surface area contributed by atoms with Crippen molar-refractivity contribution >= 4 is 5.82 Å². The Balaban J connectivity index is 1.48. The van der Waals surface area contributed by atoms with Gasteiger partial charge in [-0.05, 0) is 31.0 Å². The zero-order valence-corrected chi connectivity index (χ0v) is 16.3. The molecule has 9 heteroatoms. The molecule has 0 spiro atoms. The number of hydrogen-bond acceptors (Lipinski definition) is 6. The van der Waals surface area contributed by atoms with Gasteiger partial charge in [-0.2, -0.15) is 18.4 Å². The summed E-state index contributed by atoms with van der Waals surface area (Å²) in [6.07, 6.45) is -0.854. The number of alkyl halides is 3. The molecule has 0 bridgehead atoms. The van der Waals surface area contributed by atoms with Gasteiger partial charge < -0.3 is 14.4 Å². The van der Waals surface area contributed by atoms with Crippen LogP contribution in [-0.2, 0) is 23.9 Å². The molecule has 4 rings (SSSR count). The number of ether oxygens (including phenoxy) is 2. The SMILES string of the molecule is N#Cc1cc2c(nc1N1CCCC(COc3ncccc3C(F)(F)F)C1)CCOC2. The number of pyridine rings is 2. The Bertz CT molecular complexity index is 958. The molecule has 0 radical (unpaired) electrons. The van der Waals surface area contributed by atoms with Crippen molar-refractivity contribution in [3.8, 4) is 11.9 Å². The van der Waals surface area contributed by atoms with Crippen molar-refractivity contribution in [2.24, 2.45) is 5.92 Å². The minimum absolute atomic E-state index is 0.00884. The molecule has 1 atom stereocenters. The van der Waals surface area contributed by atoms with E-state index in [-0.39, 0.29) is 12.5 Å². The molecule has 0 saturated carbocycles. The summed E-state index contributed by atoms with van der Waals surface area (Å²) in [6.45, 7) is 2.49. The number of aromatic nitrogens is 2. The minimum Gasteiger partial charge on any atom is -0.477 e. The third kappa shape index (κ3) is 4.33. The van der Waals surface area contributed by atoms with Crippen molar-refractivity contribution < 1.29 is 22.6 Å². The predicted molar refractivity (Wildman–Crippen MR) is 102 cm³/mol. The monoisotopic (exact) mass is 418 g/mol. The second-order valence-electron chi connectivity index (χ2n) is 7.50. The normalized spacial score (nSPS) is 19.1. The van der Waals surface area contributed by atoms with E-state index < -0.39 is 17.6 Å². The van der Waals surface area contributed by atoms with Gasteiger partial charge in [0.05, 0.1) is 31.1 Å². The molecule has 2 aromatic rings. The fourth-order valence-electron chi connectivity index (χ4n) is 3.91. The molecule has 1 unspecified atom stereocenters. The lowest BCUT2D eigenvalue weighted by Gasteiger charge is -2.34. The summed E-state index contributed by atoms with van der Waals surface area (Å²) in [5.74, 6) is 0.248. The molecule has 30 heavy (non-hydrogen) atoms. The van der Waals surface area contributed by atoms with Crippen molar-refractivity contribution in [3.05, 3.63) is 46.8 Å². The molecular weight excluding hydrogens is 397 g/mol. The summed E-state index contributed by atoms with van der Waals surface area (Å²) >= 11 is 0. The van der Waals surface area contributed by atoms with Crippen LogP contribution < -0.4 is 9.64 Å². The molecule has 2 aliphatic heterocycles. The van der Waals surface area contributed by atoms with Crippen molar-refractivity contribution in [3.63, 3.8) is 0 Å². The predicted octanol–water partition coefficient (Wildman–Crippen LogP) is 3.74. The zero-order valence-electron chi connectivity index (χ0n) is 16.3. The fraction of sp³-hybridized carbons (Fsp3) is 0.476. The van der Waals surface area contributed by atoms with Crippen LogP contribution in [0.5, 0.6) is 5.88 Å². The number of anilines is 1. The highest BCUT2D eigenvalue weighted by molar-refractivity contribution is 5.56. The van der Waals surface area contributed by atoms with Crippen LogP contribution in [0.1, 0.15) is 35.2 Å². The van der Waals surface area contributed by atoms with E-state index in [1.807, 2.05) is 11.0 Å². The minimum atomic E-state index is -4.51. The maximum atomic E-state index is 13.1. The maximum absolute atomic E-state index is 13.1. The van der Waals surface area contributed by atoms with Crippen LogP contribution in [0.25, 0.3) is 0 Å². The van der Waals surface area contributed by atoms with Crippen LogP contribution in [0.3, 0.4) is 0 Å². The first-order chi connectivity index (χ1) is 14.5. The molecule has 1 fully saturated rings. The summed E-state index contributed by atoms with van der Waals surface area (Å²) in [5, 5.41) is 9.58. The molecule has 0 aromatic carbocycles. The summed E-state index contributed by atoms with van der Waals surface area (Å²) in [7, 11) is 0. The number of nitrogens with zero attached hydrogens (tertiary/aromatic N) is 4. The van der Waals surface area contributed by atoms with E-state index in [4.69, 9.17) is 14.5 Å². The summed E-state index contributed by atoms with van der Waals surface area (Å²) in [5.41, 5.74) is 1.50. The molecule has 2 aromatic heterocycles. The Morgan fingerprint density at radius 2 is 2.23 bits per heavy atom. The highest BCUT2D eigenvalue weighted by Crippen LogP contribution is 2.35. The topological polar surface area (TPSA) is 71.3 Å². The quantitative estimate of drug-likeness (QED) is 0.754. The van der Waals surface area contributed by atoms with E-state index in [0.29, 0.717) is 37.6 Å². The molecule has 2 aliphatic rings. The number of fused-ring (bicyclic) bond motifs is 1. The van der Waals surface area contributed by atoms with Gasteiger partial charge in [0.1, 0.15) is 17.5 Å². The highest BCUT2D eigenvalue weighted by atomic mass is 19.4. The van der Waals surface area contributed by atoms with Gasteiger partial charge in [0.15, 0.2) is 0 Å². The van der Waals surface area contributed by atoms with Gasteiger partial charge >= 0.3 is 6.18 Å². The maximum Gasteiger partial charge on any atom is 0.421 e. The highest BCUT2D eigenvalue weighted by Gasteiger charge is 2.35. The summed E-state index contributed by atoms with van der Waals surface area (Å²) < 4.78 is 50.3. The van der Waals surface area contributed by atoms with E-state index in [1.54, 1.807) is 0 Å². The zero-order chi connectivity index (χ0) is 21.1. The van der Waals surface area contributed by atoms with E-state index in [0.717, 1.165) is 36.7 Å². The molecule has 158 valence electrons. The van der Waals surface area contributed by atoms with Gasteiger partial charge in [-0.1, -0.05) is 0 Å². The van der Waals surface area contributed by atoms with Crippen LogP contribution in [0.15, 0.2) is 24.4 Å². The largest absolute Gasteiger partial charge is 0.477 e. The molecule has 0 N–H and O–H groups in total. The Labute approximate surface area is 172 Å².